The molecule has 2 amide bonds. The number of carbonyl (C=O) groups is 3. The van der Waals surface area contributed by atoms with E-state index in [0.29, 0.717) is 13.0 Å². The van der Waals surface area contributed by atoms with Crippen LogP contribution in [-0.4, -0.2) is 101 Å². The second kappa shape index (κ2) is 16.8. The number of likely N-dealkylation sites (N-methyl/N-ethyl adjacent to an activating group) is 1. The summed E-state index contributed by atoms with van der Waals surface area (Å²) >= 11 is 0. The van der Waals surface area contributed by atoms with Gasteiger partial charge in [0.15, 0.2) is 0 Å². The first-order valence-electron chi connectivity index (χ1n) is 16.0. The molecule has 1 aromatic rings. The van der Waals surface area contributed by atoms with Crippen molar-refractivity contribution in [3.63, 3.8) is 0 Å². The van der Waals surface area contributed by atoms with E-state index in [1.165, 1.54) is 25.9 Å². The number of aliphatic hydroxyl groups excluding tert-OH is 1. The van der Waals surface area contributed by atoms with Gasteiger partial charge in [-0.3, -0.25) is 14.4 Å². The summed E-state index contributed by atoms with van der Waals surface area (Å²) < 4.78 is 11.7. The van der Waals surface area contributed by atoms with Crippen molar-refractivity contribution in [3.8, 4) is 0 Å². The second-order valence-electron chi connectivity index (χ2n) is 13.2. The zero-order valence-electron chi connectivity index (χ0n) is 28.2. The summed E-state index contributed by atoms with van der Waals surface area (Å²) in [4.78, 5) is 43.9. The van der Waals surface area contributed by atoms with E-state index in [9.17, 15) is 24.6 Å². The van der Waals surface area contributed by atoms with Crippen molar-refractivity contribution in [1.29, 1.82) is 0 Å². The van der Waals surface area contributed by atoms with Gasteiger partial charge in [-0.15, -0.1) is 0 Å². The lowest BCUT2D eigenvalue weighted by molar-refractivity contribution is -0.148. The monoisotopic (exact) mass is 619 g/mol. The Labute approximate surface area is 264 Å². The Morgan fingerprint density at radius 3 is 2.20 bits per heavy atom. The fourth-order valence-corrected chi connectivity index (χ4v) is 6.46. The van der Waals surface area contributed by atoms with Gasteiger partial charge in [0.2, 0.25) is 11.8 Å². The van der Waals surface area contributed by atoms with Crippen LogP contribution >= 0.6 is 0 Å². The number of aliphatic hydroxyl groups is 2. The maximum Gasteiger partial charge on any atom is 0.242 e. The molecule has 1 heterocycles. The molecule has 1 aromatic carbocycles. The van der Waals surface area contributed by atoms with Crippen LogP contribution in [0.15, 0.2) is 30.3 Å². The lowest BCUT2D eigenvalue weighted by Crippen LogP contribution is -2.59. The number of nitrogens with zero attached hydrogens (tertiary/aromatic N) is 2. The highest BCUT2D eigenvalue weighted by Crippen LogP contribution is 2.32. The summed E-state index contributed by atoms with van der Waals surface area (Å²) in [5.41, 5.74) is 5.46. The number of carbonyl (C=O) groups excluding carboxylic acids is 3. The van der Waals surface area contributed by atoms with Gasteiger partial charge < -0.3 is 35.2 Å². The molecule has 2 rings (SSSR count). The Morgan fingerprint density at radius 2 is 1.68 bits per heavy atom. The zero-order valence-corrected chi connectivity index (χ0v) is 28.2. The van der Waals surface area contributed by atoms with Gasteiger partial charge >= 0.3 is 0 Å². The number of benzene rings is 1. The number of rotatable bonds is 17. The van der Waals surface area contributed by atoms with Crippen LogP contribution < -0.4 is 5.73 Å². The maximum atomic E-state index is 13.9. The Hall–Kier alpha value is -2.37. The fourth-order valence-electron chi connectivity index (χ4n) is 6.46. The third kappa shape index (κ3) is 9.33. The van der Waals surface area contributed by atoms with Crippen LogP contribution in [0.4, 0.5) is 0 Å². The predicted molar refractivity (Wildman–Crippen MR) is 171 cm³/mol. The van der Waals surface area contributed by atoms with Gasteiger partial charge in [-0.2, -0.15) is 0 Å². The van der Waals surface area contributed by atoms with Gasteiger partial charge in [0.1, 0.15) is 11.8 Å². The molecule has 0 bridgehead atoms. The summed E-state index contributed by atoms with van der Waals surface area (Å²) in [7, 11) is 4.75. The molecule has 10 heteroatoms. The lowest BCUT2D eigenvalue weighted by Gasteiger charge is -2.41. The molecule has 0 aromatic heterocycles. The van der Waals surface area contributed by atoms with Gasteiger partial charge in [0.05, 0.1) is 42.4 Å². The van der Waals surface area contributed by atoms with E-state index >= 15 is 0 Å². The summed E-state index contributed by atoms with van der Waals surface area (Å²) in [6.45, 7) is 11.2. The van der Waals surface area contributed by atoms with E-state index in [2.05, 4.69) is 0 Å². The van der Waals surface area contributed by atoms with Crippen LogP contribution in [0.5, 0.6) is 0 Å². The van der Waals surface area contributed by atoms with Crippen LogP contribution in [0.1, 0.15) is 85.3 Å². The van der Waals surface area contributed by atoms with E-state index in [1.54, 1.807) is 19.1 Å². The molecule has 44 heavy (non-hydrogen) atoms. The molecule has 1 saturated heterocycles. The van der Waals surface area contributed by atoms with Crippen LogP contribution in [0, 0.1) is 17.8 Å². The Bertz CT molecular complexity index is 1060. The van der Waals surface area contributed by atoms with Crippen molar-refractivity contribution in [2.75, 3.05) is 27.8 Å². The highest BCUT2D eigenvalue weighted by Gasteiger charge is 2.43. The smallest absolute Gasteiger partial charge is 0.242 e. The Balaban J connectivity index is 2.19. The largest absolute Gasteiger partial charge is 0.388 e. The van der Waals surface area contributed by atoms with Gasteiger partial charge in [-0.25, -0.2) is 0 Å². The Kier molecular flexibility index (Phi) is 14.4. The van der Waals surface area contributed by atoms with Crippen LogP contribution in [0.2, 0.25) is 0 Å². The number of nitrogens with two attached hydrogens (primary N) is 1. The minimum atomic E-state index is -1.41. The summed E-state index contributed by atoms with van der Waals surface area (Å²) in [6.07, 6.45) is 0.580. The number of hydrogen-bond donors (Lipinski definition) is 3. The van der Waals surface area contributed by atoms with Crippen LogP contribution in [-0.2, 0) is 23.9 Å². The fraction of sp³-hybridized carbons (Fsp3) is 0.735. The molecule has 0 aliphatic carbocycles. The molecule has 1 aliphatic heterocycles. The van der Waals surface area contributed by atoms with E-state index in [0.717, 1.165) is 18.4 Å². The predicted octanol–water partition coefficient (Wildman–Crippen LogP) is 3.33. The highest BCUT2D eigenvalue weighted by molar-refractivity contribution is 5.84. The van der Waals surface area contributed by atoms with Gasteiger partial charge in [-0.05, 0) is 44.1 Å². The molecular formula is C34H57N3O7. The molecule has 10 nitrogen and oxygen atoms in total. The van der Waals surface area contributed by atoms with Crippen molar-refractivity contribution in [2.45, 2.75) is 116 Å². The molecule has 0 radical (unpaired) electrons. The number of likely N-dealkylation sites (tertiary alicyclic amines) is 1. The maximum absolute atomic E-state index is 13.9. The molecule has 0 saturated carbocycles. The first kappa shape index (κ1) is 37.8. The van der Waals surface area contributed by atoms with Crippen molar-refractivity contribution < 1.29 is 34.1 Å². The molecule has 1 fully saturated rings. The third-order valence-corrected chi connectivity index (χ3v) is 9.58. The molecule has 1 aliphatic rings. The Morgan fingerprint density at radius 1 is 1.07 bits per heavy atom. The molecule has 0 unspecified atom stereocenters. The van der Waals surface area contributed by atoms with E-state index < -0.39 is 47.8 Å². The normalized spacial score (nSPS) is 21.1. The second-order valence-corrected chi connectivity index (χ2v) is 13.2. The van der Waals surface area contributed by atoms with E-state index in [4.69, 9.17) is 15.2 Å². The number of methoxy groups -OCH3 is 2. The van der Waals surface area contributed by atoms with Gasteiger partial charge in [0, 0.05) is 40.2 Å². The molecule has 9 atom stereocenters. The van der Waals surface area contributed by atoms with E-state index in [-0.39, 0.29) is 42.4 Å². The van der Waals surface area contributed by atoms with E-state index in [1.807, 2.05) is 58.0 Å². The molecule has 250 valence electrons. The molecule has 4 N–H and O–H groups in total. The van der Waals surface area contributed by atoms with Crippen LogP contribution in [0.25, 0.3) is 0 Å². The SMILES string of the molecule is CC[C@H](C)[C@@H]([C@@H](CC(=O)N1CCC[C@H]1[C@H](OC)[C@@H](C)C(=O)C[C@H](C)[C@@H](O)c1ccccc1)OC)N(C)C(=O)[C@@H](N)C(C)(C)O. The number of amides is 2. The highest BCUT2D eigenvalue weighted by atomic mass is 16.5. The minimum absolute atomic E-state index is 0.0114. The number of ketones is 1. The summed E-state index contributed by atoms with van der Waals surface area (Å²) in [6, 6.07) is 7.44. The quantitative estimate of drug-likeness (QED) is 0.241. The summed E-state index contributed by atoms with van der Waals surface area (Å²) in [5, 5.41) is 21.2. The first-order chi connectivity index (χ1) is 20.6. The number of ether oxygens (including phenoxy) is 2. The van der Waals surface area contributed by atoms with Crippen molar-refractivity contribution in [2.24, 2.45) is 23.5 Å². The van der Waals surface area contributed by atoms with Gasteiger partial charge in [-0.1, -0.05) is 64.4 Å². The zero-order chi connectivity index (χ0) is 33.4. The molecular weight excluding hydrogens is 562 g/mol. The topological polar surface area (TPSA) is 143 Å². The number of hydrogen-bond acceptors (Lipinski definition) is 8. The minimum Gasteiger partial charge on any atom is -0.388 e. The number of Topliss-reactive ketones (excluding diaryl/α,β-unsaturated/α-hetero) is 1. The average Bonchev–Trinajstić information content (AvgIpc) is 3.49. The molecule has 0 spiro atoms. The summed E-state index contributed by atoms with van der Waals surface area (Å²) in [5.74, 6) is -1.35. The standard InChI is InChI=1S/C34H57N3O7/c1-10-21(2)29(36(7)33(41)32(35)34(5,6)42)27(43-8)20-28(39)37-18-14-17-25(37)31(44-9)23(4)26(38)19-22(3)30(40)24-15-12-11-13-16-24/h11-13,15-16,21-23,25,27,29-32,40,42H,10,14,17-20,35H2,1-9H3/t21-,22-,23-,25-,27+,29-,30+,31+,32+/m0/s1. The van der Waals surface area contributed by atoms with Crippen molar-refractivity contribution in [3.05, 3.63) is 35.9 Å². The average molecular weight is 620 g/mol. The first-order valence-corrected chi connectivity index (χ1v) is 16.0. The van der Waals surface area contributed by atoms with Crippen molar-refractivity contribution in [1.82, 2.24) is 9.80 Å². The third-order valence-electron chi connectivity index (χ3n) is 9.58. The lowest BCUT2D eigenvalue weighted by atomic mass is 9.85. The van der Waals surface area contributed by atoms with Gasteiger partial charge in [0.25, 0.3) is 0 Å². The van der Waals surface area contributed by atoms with Crippen molar-refractivity contribution >= 4 is 17.6 Å². The van der Waals surface area contributed by atoms with Crippen LogP contribution in [0.3, 0.4) is 0 Å².